The third-order valence-electron chi connectivity index (χ3n) is 5.30. The van der Waals surface area contributed by atoms with E-state index in [1.54, 1.807) is 0 Å². The van der Waals surface area contributed by atoms with Gasteiger partial charge in [-0.05, 0) is 27.8 Å². The average Bonchev–Trinajstić information content (AvgIpc) is 3.02. The fourth-order valence-electron chi connectivity index (χ4n) is 4.04. The van der Waals surface area contributed by atoms with Gasteiger partial charge in [0.15, 0.2) is 0 Å². The van der Waals surface area contributed by atoms with Gasteiger partial charge in [-0.25, -0.2) is 0 Å². The summed E-state index contributed by atoms with van der Waals surface area (Å²) in [6.45, 7) is 7.55. The number of rotatable bonds is 5. The second-order valence-corrected chi connectivity index (χ2v) is 12.4. The molecule has 1 fully saturated rings. The van der Waals surface area contributed by atoms with Crippen LogP contribution in [0.1, 0.15) is 40.0 Å². The lowest BCUT2D eigenvalue weighted by atomic mass is 10.1. The summed E-state index contributed by atoms with van der Waals surface area (Å²) in [4.78, 5) is 11.7. The first-order valence-corrected chi connectivity index (χ1v) is 11.1. The van der Waals surface area contributed by atoms with E-state index in [4.69, 9.17) is 4.43 Å². The minimum atomic E-state index is -2.45. The van der Waals surface area contributed by atoms with Crippen LogP contribution in [0.5, 0.6) is 0 Å². The van der Waals surface area contributed by atoms with Crippen molar-refractivity contribution < 1.29 is 9.22 Å². The van der Waals surface area contributed by atoms with E-state index in [9.17, 15) is 4.79 Å². The molecule has 0 heterocycles. The zero-order chi connectivity index (χ0) is 17.9. The summed E-state index contributed by atoms with van der Waals surface area (Å²) in [5.74, 6) is 0.755. The van der Waals surface area contributed by atoms with Crippen LogP contribution in [-0.2, 0) is 9.22 Å². The monoisotopic (exact) mass is 352 g/mol. The van der Waals surface area contributed by atoms with Crippen molar-refractivity contribution in [1.29, 1.82) is 0 Å². The van der Waals surface area contributed by atoms with E-state index in [2.05, 4.69) is 81.4 Å². The van der Waals surface area contributed by atoms with Gasteiger partial charge in [0.1, 0.15) is 5.78 Å². The Morgan fingerprint density at radius 1 is 0.960 bits per heavy atom. The zero-order valence-electron chi connectivity index (χ0n) is 15.5. The number of Topliss-reactive ketones (excluding diaryl/α,β-unsaturated/α-hetero) is 1. The van der Waals surface area contributed by atoms with Crippen LogP contribution in [-0.4, -0.2) is 20.7 Å². The minimum Gasteiger partial charge on any atom is -0.407 e. The molecule has 0 amide bonds. The molecule has 3 rings (SSSR count). The lowest BCUT2D eigenvalue weighted by molar-refractivity contribution is -0.117. The molecule has 0 saturated heterocycles. The molecule has 25 heavy (non-hydrogen) atoms. The zero-order valence-corrected chi connectivity index (χ0v) is 16.5. The predicted octanol–water partition coefficient (Wildman–Crippen LogP) is 3.93. The fraction of sp³-hybridized carbons (Fsp3) is 0.409. The molecule has 1 atom stereocenters. The number of carbonyl (C=O) groups is 1. The van der Waals surface area contributed by atoms with Crippen LogP contribution in [0.25, 0.3) is 0 Å². The van der Waals surface area contributed by atoms with Crippen LogP contribution in [0.4, 0.5) is 0 Å². The van der Waals surface area contributed by atoms with Crippen molar-refractivity contribution in [2.75, 3.05) is 6.61 Å². The Hall–Kier alpha value is -1.71. The second-order valence-electron chi connectivity index (χ2n) is 8.12. The van der Waals surface area contributed by atoms with E-state index in [-0.39, 0.29) is 5.04 Å². The van der Waals surface area contributed by atoms with Crippen molar-refractivity contribution in [3.63, 3.8) is 0 Å². The van der Waals surface area contributed by atoms with Gasteiger partial charge in [0.05, 0.1) is 0 Å². The third-order valence-corrected chi connectivity index (χ3v) is 10.3. The normalized spacial score (nSPS) is 18.5. The largest absolute Gasteiger partial charge is 0.407 e. The highest BCUT2D eigenvalue weighted by Crippen LogP contribution is 2.37. The van der Waals surface area contributed by atoms with Crippen molar-refractivity contribution in [3.8, 4) is 0 Å². The number of hydrogen-bond acceptors (Lipinski definition) is 2. The quantitative estimate of drug-likeness (QED) is 0.762. The summed E-state index contributed by atoms with van der Waals surface area (Å²) >= 11 is 0. The first-order chi connectivity index (χ1) is 11.9. The molecule has 0 unspecified atom stereocenters. The maximum atomic E-state index is 11.7. The van der Waals surface area contributed by atoms with E-state index in [1.165, 1.54) is 10.4 Å². The molecular weight excluding hydrogens is 324 g/mol. The Bertz CT molecular complexity index is 664. The van der Waals surface area contributed by atoms with Crippen LogP contribution < -0.4 is 10.4 Å². The van der Waals surface area contributed by atoms with Gasteiger partial charge < -0.3 is 4.43 Å². The van der Waals surface area contributed by atoms with Gasteiger partial charge in [-0.3, -0.25) is 4.79 Å². The molecular formula is C22H28O2Si. The van der Waals surface area contributed by atoms with Gasteiger partial charge in [0.2, 0.25) is 0 Å². The molecule has 0 radical (unpaired) electrons. The Kier molecular flexibility index (Phi) is 5.26. The van der Waals surface area contributed by atoms with Gasteiger partial charge in [-0.1, -0.05) is 81.4 Å². The van der Waals surface area contributed by atoms with E-state index in [1.807, 2.05) is 0 Å². The maximum Gasteiger partial charge on any atom is 0.261 e. The third kappa shape index (κ3) is 3.63. The smallest absolute Gasteiger partial charge is 0.261 e. The standard InChI is InChI=1S/C22H28O2Si/c1-22(2,3)25(20-10-6-4-7-11-20,21-12-8-5-9-13-21)24-17-18-14-15-19(23)16-18/h4-13,18H,14-17H2,1-3H3/t18-/m1/s1. The summed E-state index contributed by atoms with van der Waals surface area (Å²) in [5.41, 5.74) is 0. The minimum absolute atomic E-state index is 0.00167. The Balaban J connectivity index is 2.04. The SMILES string of the molecule is CC(C)(C)[Si](OC[C@@H]1CCC(=O)C1)(c1ccccc1)c1ccccc1. The highest BCUT2D eigenvalue weighted by Gasteiger charge is 2.50. The summed E-state index contributed by atoms with van der Waals surface area (Å²) in [5, 5.41) is 2.61. The summed E-state index contributed by atoms with van der Waals surface area (Å²) in [6.07, 6.45) is 2.37. The number of carbonyl (C=O) groups excluding carboxylic acids is 1. The van der Waals surface area contributed by atoms with E-state index in [0.717, 1.165) is 12.8 Å². The Labute approximate surface area is 152 Å². The topological polar surface area (TPSA) is 26.3 Å². The molecule has 1 aliphatic carbocycles. The first kappa shape index (κ1) is 18.1. The summed E-state index contributed by atoms with van der Waals surface area (Å²) < 4.78 is 6.89. The number of hydrogen-bond donors (Lipinski definition) is 0. The van der Waals surface area contributed by atoms with Crippen LogP contribution in [0, 0.1) is 5.92 Å². The molecule has 2 aromatic rings. The van der Waals surface area contributed by atoms with E-state index >= 15 is 0 Å². The van der Waals surface area contributed by atoms with Crippen LogP contribution >= 0.6 is 0 Å². The Morgan fingerprint density at radius 2 is 1.48 bits per heavy atom. The second kappa shape index (κ2) is 7.26. The fourth-order valence-corrected chi connectivity index (χ4v) is 8.68. The molecule has 132 valence electrons. The van der Waals surface area contributed by atoms with Crippen molar-refractivity contribution in [2.45, 2.75) is 45.1 Å². The van der Waals surface area contributed by atoms with E-state index in [0.29, 0.717) is 24.7 Å². The molecule has 0 N–H and O–H groups in total. The summed E-state index contributed by atoms with van der Waals surface area (Å²) in [6, 6.07) is 21.4. The first-order valence-electron chi connectivity index (χ1n) is 9.20. The molecule has 1 aliphatic rings. The van der Waals surface area contributed by atoms with Crippen LogP contribution in [0.2, 0.25) is 5.04 Å². The van der Waals surface area contributed by atoms with Gasteiger partial charge in [0.25, 0.3) is 8.32 Å². The highest BCUT2D eigenvalue weighted by atomic mass is 28.4. The van der Waals surface area contributed by atoms with Crippen molar-refractivity contribution in [3.05, 3.63) is 60.7 Å². The lowest BCUT2D eigenvalue weighted by Gasteiger charge is -2.43. The average molecular weight is 353 g/mol. The molecule has 0 spiro atoms. The molecule has 1 saturated carbocycles. The van der Waals surface area contributed by atoms with Crippen LogP contribution in [0.15, 0.2) is 60.7 Å². The van der Waals surface area contributed by atoms with Crippen molar-refractivity contribution in [1.82, 2.24) is 0 Å². The van der Waals surface area contributed by atoms with Gasteiger partial charge >= 0.3 is 0 Å². The summed E-state index contributed by atoms with van der Waals surface area (Å²) in [7, 11) is -2.45. The number of benzene rings is 2. The Morgan fingerprint density at radius 3 is 1.88 bits per heavy atom. The van der Waals surface area contributed by atoms with Gasteiger partial charge in [-0.2, -0.15) is 0 Å². The van der Waals surface area contributed by atoms with Gasteiger partial charge in [0, 0.05) is 19.4 Å². The van der Waals surface area contributed by atoms with Gasteiger partial charge in [-0.15, -0.1) is 0 Å². The predicted molar refractivity (Wildman–Crippen MR) is 106 cm³/mol. The molecule has 3 heteroatoms. The molecule has 0 aliphatic heterocycles. The van der Waals surface area contributed by atoms with Crippen molar-refractivity contribution >= 4 is 24.5 Å². The highest BCUT2D eigenvalue weighted by molar-refractivity contribution is 6.99. The molecule has 2 nitrogen and oxygen atoms in total. The van der Waals surface area contributed by atoms with Crippen LogP contribution in [0.3, 0.4) is 0 Å². The van der Waals surface area contributed by atoms with Crippen molar-refractivity contribution in [2.24, 2.45) is 5.92 Å². The maximum absolute atomic E-state index is 11.7. The molecule has 2 aromatic carbocycles. The lowest BCUT2D eigenvalue weighted by Crippen LogP contribution is -2.66. The number of ketones is 1. The molecule has 0 bridgehead atoms. The molecule has 0 aromatic heterocycles. The van der Waals surface area contributed by atoms with E-state index < -0.39 is 8.32 Å².